The Morgan fingerprint density at radius 2 is 2.21 bits per heavy atom. The van der Waals surface area contributed by atoms with Gasteiger partial charge >= 0.3 is 5.97 Å². The third-order valence-electron chi connectivity index (χ3n) is 2.11. The minimum absolute atomic E-state index is 0.271. The van der Waals surface area contributed by atoms with Crippen LogP contribution >= 0.6 is 11.6 Å². The Hall–Kier alpha value is -1.06. The Balaban J connectivity index is 2.21. The molecule has 1 aromatic rings. The lowest BCUT2D eigenvalue weighted by molar-refractivity contribution is 0.0314. The lowest BCUT2D eigenvalue weighted by Gasteiger charge is -2.10. The van der Waals surface area contributed by atoms with E-state index in [-0.39, 0.29) is 12.2 Å². The molecule has 2 rings (SSSR count). The first-order chi connectivity index (χ1) is 6.83. The Morgan fingerprint density at radius 1 is 1.43 bits per heavy atom. The summed E-state index contributed by atoms with van der Waals surface area (Å²) in [6.07, 6.45) is -0.336. The highest BCUT2D eigenvalue weighted by molar-refractivity contribution is 6.18. The first-order valence-electron chi connectivity index (χ1n) is 4.42. The number of carbonyl (C=O) groups is 1. The smallest absolute Gasteiger partial charge is 0.340 e. The van der Waals surface area contributed by atoms with Gasteiger partial charge in [-0.15, -0.1) is 11.6 Å². The molecule has 0 aliphatic carbocycles. The van der Waals surface area contributed by atoms with Gasteiger partial charge < -0.3 is 4.74 Å². The molecule has 0 spiro atoms. The highest BCUT2D eigenvalue weighted by atomic mass is 35.5. The molecule has 74 valence electrons. The number of fused-ring (bicyclic) bond motifs is 1. The van der Waals surface area contributed by atoms with Gasteiger partial charge in [0.1, 0.15) is 0 Å². The summed E-state index contributed by atoms with van der Waals surface area (Å²) in [6.45, 7) is 0.619. The van der Waals surface area contributed by atoms with E-state index in [0.29, 0.717) is 18.0 Å². The SMILES string of the molecule is O=C1OC(NCCCl)c2ccccc21. The minimum atomic E-state index is -0.336. The van der Waals surface area contributed by atoms with Crippen molar-refractivity contribution in [3.63, 3.8) is 0 Å². The fourth-order valence-electron chi connectivity index (χ4n) is 1.48. The van der Waals surface area contributed by atoms with Gasteiger partial charge in [-0.3, -0.25) is 5.32 Å². The van der Waals surface area contributed by atoms with Crippen LogP contribution in [0.5, 0.6) is 0 Å². The summed E-state index contributed by atoms with van der Waals surface area (Å²) in [6, 6.07) is 7.35. The molecule has 1 atom stereocenters. The molecule has 3 nitrogen and oxygen atoms in total. The average Bonchev–Trinajstić information content (AvgIpc) is 2.54. The fourth-order valence-corrected chi connectivity index (χ4v) is 1.59. The molecule has 0 fully saturated rings. The maximum absolute atomic E-state index is 11.3. The van der Waals surface area contributed by atoms with Crippen molar-refractivity contribution in [2.24, 2.45) is 0 Å². The minimum Gasteiger partial charge on any atom is -0.439 e. The van der Waals surface area contributed by atoms with Crippen LogP contribution in [0.3, 0.4) is 0 Å². The second kappa shape index (κ2) is 3.98. The van der Waals surface area contributed by atoms with Gasteiger partial charge in [0.2, 0.25) is 0 Å². The van der Waals surface area contributed by atoms with Gasteiger partial charge in [0.15, 0.2) is 6.23 Å². The van der Waals surface area contributed by atoms with Crippen molar-refractivity contribution in [1.82, 2.24) is 5.32 Å². The van der Waals surface area contributed by atoms with E-state index in [1.165, 1.54) is 0 Å². The molecule has 1 heterocycles. The second-order valence-electron chi connectivity index (χ2n) is 3.02. The molecule has 14 heavy (non-hydrogen) atoms. The highest BCUT2D eigenvalue weighted by Gasteiger charge is 2.29. The van der Waals surface area contributed by atoms with E-state index in [0.717, 1.165) is 5.56 Å². The molecule has 0 bridgehead atoms. The largest absolute Gasteiger partial charge is 0.439 e. The van der Waals surface area contributed by atoms with Crippen LogP contribution in [-0.4, -0.2) is 18.4 Å². The summed E-state index contributed by atoms with van der Waals surface area (Å²) < 4.78 is 5.13. The molecule has 0 amide bonds. The van der Waals surface area contributed by atoms with E-state index < -0.39 is 0 Å². The summed E-state index contributed by atoms with van der Waals surface area (Å²) in [5.74, 6) is 0.226. The Labute approximate surface area is 87.0 Å². The first-order valence-corrected chi connectivity index (χ1v) is 4.95. The van der Waals surface area contributed by atoms with Crippen molar-refractivity contribution in [3.05, 3.63) is 35.4 Å². The molecule has 0 saturated carbocycles. The Morgan fingerprint density at radius 3 is 3.00 bits per heavy atom. The lowest BCUT2D eigenvalue weighted by atomic mass is 10.1. The molecule has 1 aliphatic heterocycles. The van der Waals surface area contributed by atoms with Gasteiger partial charge in [-0.2, -0.15) is 0 Å². The third kappa shape index (κ3) is 1.61. The van der Waals surface area contributed by atoms with Crippen LogP contribution in [0.4, 0.5) is 0 Å². The van der Waals surface area contributed by atoms with Gasteiger partial charge in [0.05, 0.1) is 5.56 Å². The van der Waals surface area contributed by atoms with E-state index in [9.17, 15) is 4.79 Å². The average molecular weight is 212 g/mol. The quantitative estimate of drug-likeness (QED) is 0.611. The predicted octanol–water partition coefficient (Wildman–Crippen LogP) is 1.68. The monoisotopic (exact) mass is 211 g/mol. The first kappa shape index (κ1) is 9.49. The van der Waals surface area contributed by atoms with Crippen LogP contribution in [0.15, 0.2) is 24.3 Å². The second-order valence-corrected chi connectivity index (χ2v) is 3.39. The van der Waals surface area contributed by atoms with Crippen LogP contribution in [0.25, 0.3) is 0 Å². The fraction of sp³-hybridized carbons (Fsp3) is 0.300. The Bertz CT molecular complexity index is 354. The zero-order valence-electron chi connectivity index (χ0n) is 7.50. The van der Waals surface area contributed by atoms with Gasteiger partial charge in [-0.1, -0.05) is 18.2 Å². The number of ether oxygens (including phenoxy) is 1. The molecule has 1 N–H and O–H groups in total. The maximum Gasteiger partial charge on any atom is 0.340 e. The van der Waals surface area contributed by atoms with E-state index in [2.05, 4.69) is 5.32 Å². The standard InChI is InChI=1S/C10H10ClNO2/c11-5-6-12-9-7-3-1-2-4-8(7)10(13)14-9/h1-4,9,12H,5-6H2. The van der Waals surface area contributed by atoms with E-state index in [1.807, 2.05) is 18.2 Å². The number of hydrogen-bond donors (Lipinski definition) is 1. The van der Waals surface area contributed by atoms with Crippen LogP contribution in [0.1, 0.15) is 22.1 Å². The normalized spacial score (nSPS) is 19.2. The Kier molecular flexibility index (Phi) is 2.70. The number of halogens is 1. The molecular formula is C10H10ClNO2. The van der Waals surface area contributed by atoms with Crippen molar-refractivity contribution in [1.29, 1.82) is 0 Å². The van der Waals surface area contributed by atoms with Gasteiger partial charge in [0, 0.05) is 18.0 Å². The topological polar surface area (TPSA) is 38.3 Å². The van der Waals surface area contributed by atoms with Crippen LogP contribution < -0.4 is 5.32 Å². The van der Waals surface area contributed by atoms with Crippen LogP contribution in [0, 0.1) is 0 Å². The van der Waals surface area contributed by atoms with Crippen molar-refractivity contribution in [2.45, 2.75) is 6.23 Å². The predicted molar refractivity (Wildman–Crippen MR) is 53.3 cm³/mol. The number of rotatable bonds is 3. The molecule has 1 aliphatic rings. The van der Waals surface area contributed by atoms with Gasteiger partial charge in [-0.05, 0) is 6.07 Å². The summed E-state index contributed by atoms with van der Waals surface area (Å²) >= 11 is 5.54. The molecular weight excluding hydrogens is 202 g/mol. The molecule has 1 aromatic carbocycles. The van der Waals surface area contributed by atoms with E-state index in [1.54, 1.807) is 6.07 Å². The number of alkyl halides is 1. The molecule has 1 unspecified atom stereocenters. The zero-order valence-corrected chi connectivity index (χ0v) is 8.25. The maximum atomic E-state index is 11.3. The van der Waals surface area contributed by atoms with Crippen LogP contribution in [0.2, 0.25) is 0 Å². The number of hydrogen-bond acceptors (Lipinski definition) is 3. The van der Waals surface area contributed by atoms with Gasteiger partial charge in [0.25, 0.3) is 0 Å². The van der Waals surface area contributed by atoms with Crippen LogP contribution in [-0.2, 0) is 4.74 Å². The van der Waals surface area contributed by atoms with Crippen molar-refractivity contribution < 1.29 is 9.53 Å². The van der Waals surface area contributed by atoms with E-state index >= 15 is 0 Å². The summed E-state index contributed by atoms with van der Waals surface area (Å²) in [7, 11) is 0. The molecule has 4 heteroatoms. The number of esters is 1. The number of nitrogens with one attached hydrogen (secondary N) is 1. The third-order valence-corrected chi connectivity index (χ3v) is 2.30. The number of cyclic esters (lactones) is 1. The molecule has 0 radical (unpaired) electrons. The summed E-state index contributed by atoms with van der Waals surface area (Å²) in [5, 5.41) is 3.04. The van der Waals surface area contributed by atoms with Gasteiger partial charge in [-0.25, -0.2) is 4.79 Å². The van der Waals surface area contributed by atoms with Crippen molar-refractivity contribution >= 4 is 17.6 Å². The molecule has 0 saturated heterocycles. The van der Waals surface area contributed by atoms with E-state index in [4.69, 9.17) is 16.3 Å². The summed E-state index contributed by atoms with van der Waals surface area (Å²) in [4.78, 5) is 11.3. The number of carbonyl (C=O) groups excluding carboxylic acids is 1. The van der Waals surface area contributed by atoms with Crippen molar-refractivity contribution in [2.75, 3.05) is 12.4 Å². The summed E-state index contributed by atoms with van der Waals surface area (Å²) in [5.41, 5.74) is 1.53. The highest BCUT2D eigenvalue weighted by Crippen LogP contribution is 2.27. The number of benzene rings is 1. The zero-order chi connectivity index (χ0) is 9.97. The van der Waals surface area contributed by atoms with Crippen molar-refractivity contribution in [3.8, 4) is 0 Å². The molecule has 0 aromatic heterocycles. The lowest BCUT2D eigenvalue weighted by Crippen LogP contribution is -2.23.